The van der Waals surface area contributed by atoms with Crippen molar-refractivity contribution >= 4 is 56.3 Å². The van der Waals surface area contributed by atoms with Crippen LogP contribution in [0.25, 0.3) is 10.2 Å². The number of aromatic amines is 1. The highest BCUT2D eigenvalue weighted by molar-refractivity contribution is 7.17. The normalized spacial score (nSPS) is 16.8. The molecule has 2 aliphatic rings. The molecule has 1 amide bonds. The summed E-state index contributed by atoms with van der Waals surface area (Å²) in [5, 5.41) is 0.995. The molecule has 34 heavy (non-hydrogen) atoms. The van der Waals surface area contributed by atoms with Crippen molar-refractivity contribution in [3.8, 4) is 0 Å². The van der Waals surface area contributed by atoms with E-state index in [1.54, 1.807) is 10.4 Å². The Hall–Kier alpha value is -2.13. The predicted molar refractivity (Wildman–Crippen MR) is 137 cm³/mol. The molecule has 0 saturated carbocycles. The molecule has 2 aliphatic heterocycles. The smallest absolute Gasteiger partial charge is 0.256 e. The first-order valence-electron chi connectivity index (χ1n) is 11.5. The summed E-state index contributed by atoms with van der Waals surface area (Å²) in [4.78, 5) is 37.6. The number of hydrogen-bond donors (Lipinski definition) is 1. The number of ether oxygens (including phenoxy) is 1. The van der Waals surface area contributed by atoms with E-state index in [1.165, 1.54) is 11.3 Å². The van der Waals surface area contributed by atoms with E-state index in [2.05, 4.69) is 21.8 Å². The molecule has 2 aromatic heterocycles. The van der Waals surface area contributed by atoms with Crippen LogP contribution in [0.15, 0.2) is 16.4 Å². The largest absolute Gasteiger partial charge is 0.381 e. The van der Waals surface area contributed by atoms with Crippen molar-refractivity contribution in [2.45, 2.75) is 45.7 Å². The van der Waals surface area contributed by atoms with Crippen molar-refractivity contribution in [1.82, 2.24) is 14.9 Å². The number of nitrogens with zero attached hydrogens (tertiary/aromatic N) is 3. The van der Waals surface area contributed by atoms with Gasteiger partial charge in [0.2, 0.25) is 0 Å². The molecule has 5 rings (SSSR count). The number of anilines is 1. The van der Waals surface area contributed by atoms with Crippen LogP contribution in [0.4, 0.5) is 5.69 Å². The number of pyridine rings is 1. The summed E-state index contributed by atoms with van der Waals surface area (Å²) < 4.78 is 6.34. The van der Waals surface area contributed by atoms with Gasteiger partial charge in [0, 0.05) is 43.1 Å². The van der Waals surface area contributed by atoms with E-state index in [1.807, 2.05) is 13.0 Å². The Labute approximate surface area is 211 Å². The number of carbonyl (C=O) groups is 1. The summed E-state index contributed by atoms with van der Waals surface area (Å²) in [6.45, 7) is 6.74. The fourth-order valence-corrected chi connectivity index (χ4v) is 6.61. The Morgan fingerprint density at radius 2 is 2.06 bits per heavy atom. The number of hydrogen-bond acceptors (Lipinski definition) is 6. The first-order chi connectivity index (χ1) is 16.4. The van der Waals surface area contributed by atoms with E-state index in [0.29, 0.717) is 47.4 Å². The molecule has 0 unspecified atom stereocenters. The lowest BCUT2D eigenvalue weighted by molar-refractivity contribution is 0.0727. The highest BCUT2D eigenvalue weighted by Gasteiger charge is 2.33. The third kappa shape index (κ3) is 4.00. The molecule has 10 heteroatoms. The fraction of sp³-hybridized carbons (Fsp3) is 0.458. The molecule has 4 heterocycles. The molecule has 0 bridgehead atoms. The Morgan fingerprint density at radius 3 is 2.79 bits per heavy atom. The zero-order valence-corrected chi connectivity index (χ0v) is 21.4. The quantitative estimate of drug-likeness (QED) is 0.522. The number of amides is 1. The molecule has 0 atom stereocenters. The van der Waals surface area contributed by atoms with Gasteiger partial charge in [-0.2, -0.15) is 0 Å². The zero-order valence-electron chi connectivity index (χ0n) is 19.1. The molecule has 1 N–H and O–H groups in total. The molecule has 0 spiro atoms. The zero-order chi connectivity index (χ0) is 24.0. The second-order valence-corrected chi connectivity index (χ2v) is 10.4. The van der Waals surface area contributed by atoms with E-state index >= 15 is 0 Å². The first kappa shape index (κ1) is 23.6. The van der Waals surface area contributed by atoms with Gasteiger partial charge in [0.25, 0.3) is 11.5 Å². The van der Waals surface area contributed by atoms with E-state index in [0.717, 1.165) is 46.5 Å². The van der Waals surface area contributed by atoms with Crippen molar-refractivity contribution in [2.24, 2.45) is 0 Å². The number of rotatable bonds is 5. The van der Waals surface area contributed by atoms with Crippen LogP contribution in [-0.2, 0) is 17.7 Å². The summed E-state index contributed by atoms with van der Waals surface area (Å²) >= 11 is 15.0. The van der Waals surface area contributed by atoms with Gasteiger partial charge in [-0.1, -0.05) is 23.2 Å². The van der Waals surface area contributed by atoms with Gasteiger partial charge >= 0.3 is 0 Å². The number of halogens is 2. The number of nitrogens with one attached hydrogen (secondary N) is 1. The van der Waals surface area contributed by atoms with E-state index in [-0.39, 0.29) is 24.1 Å². The third-order valence-corrected chi connectivity index (χ3v) is 8.44. The van der Waals surface area contributed by atoms with Gasteiger partial charge in [-0.3, -0.25) is 9.59 Å². The molecule has 0 aliphatic carbocycles. The fourth-order valence-electron chi connectivity index (χ4n) is 5.08. The first-order valence-corrected chi connectivity index (χ1v) is 13.1. The second kappa shape index (κ2) is 9.49. The minimum Gasteiger partial charge on any atom is -0.381 e. The summed E-state index contributed by atoms with van der Waals surface area (Å²) in [5.41, 5.74) is 5.59. The van der Waals surface area contributed by atoms with Gasteiger partial charge in [-0.15, -0.1) is 11.3 Å². The molecule has 1 aromatic carbocycles. The van der Waals surface area contributed by atoms with Crippen LogP contribution >= 0.6 is 34.5 Å². The number of thiazole rings is 1. The van der Waals surface area contributed by atoms with Gasteiger partial charge < -0.3 is 19.5 Å². The van der Waals surface area contributed by atoms with Crippen molar-refractivity contribution in [2.75, 3.05) is 31.2 Å². The average Bonchev–Trinajstić information content (AvgIpc) is 3.32. The molecular weight excluding hydrogens is 495 g/mol. The third-order valence-electron chi connectivity index (χ3n) is 6.83. The number of aryl methyl sites for hydroxylation is 1. The van der Waals surface area contributed by atoms with Crippen LogP contribution in [0.5, 0.6) is 0 Å². The monoisotopic (exact) mass is 520 g/mol. The van der Waals surface area contributed by atoms with Gasteiger partial charge in [-0.05, 0) is 44.7 Å². The van der Waals surface area contributed by atoms with Crippen molar-refractivity contribution in [3.63, 3.8) is 0 Å². The Balaban J connectivity index is 1.52. The summed E-state index contributed by atoms with van der Waals surface area (Å²) in [5.74, 6) is -0.198. The molecule has 0 radical (unpaired) electrons. The number of benzene rings is 1. The second-order valence-electron chi connectivity index (χ2n) is 8.74. The van der Waals surface area contributed by atoms with Gasteiger partial charge in [-0.25, -0.2) is 4.98 Å². The average molecular weight is 521 g/mol. The van der Waals surface area contributed by atoms with E-state index in [4.69, 9.17) is 27.9 Å². The lowest BCUT2D eigenvalue weighted by Gasteiger charge is -2.37. The van der Waals surface area contributed by atoms with E-state index in [9.17, 15) is 9.59 Å². The highest BCUT2D eigenvalue weighted by atomic mass is 35.5. The molecule has 180 valence electrons. The lowest BCUT2D eigenvalue weighted by atomic mass is 9.96. The summed E-state index contributed by atoms with van der Waals surface area (Å²) in [7, 11) is 0. The number of aromatic nitrogens is 2. The van der Waals surface area contributed by atoms with Crippen LogP contribution in [0, 0.1) is 6.92 Å². The predicted octanol–water partition coefficient (Wildman–Crippen LogP) is 4.80. The molecular formula is C24H26Cl2N4O3S. The van der Waals surface area contributed by atoms with Crippen LogP contribution < -0.4 is 10.5 Å². The van der Waals surface area contributed by atoms with Crippen LogP contribution in [0.2, 0.25) is 10.0 Å². The molecule has 3 aromatic rings. The highest BCUT2D eigenvalue weighted by Crippen LogP contribution is 2.41. The minimum atomic E-state index is -0.198. The molecule has 1 saturated heterocycles. The maximum atomic E-state index is 13.7. The Bertz CT molecular complexity index is 1320. The number of H-pyrrole nitrogens is 1. The standard InChI is InChI=1S/C24H26Cl2N4O3S/c1-3-30(14-5-8-33-9-6-14)18-10-17(25)15-4-7-29(24(32)19(15)20(18)26)11-16-22-21(27-12-34-22)13(2)28-23(16)31/h10,12,14H,3-9,11H2,1-2H3,(H,28,31). The number of carbonyl (C=O) groups excluding carboxylic acids is 1. The van der Waals surface area contributed by atoms with Gasteiger partial charge in [0.1, 0.15) is 5.52 Å². The van der Waals surface area contributed by atoms with Crippen molar-refractivity contribution < 1.29 is 9.53 Å². The van der Waals surface area contributed by atoms with Gasteiger partial charge in [0.05, 0.1) is 38.6 Å². The summed E-state index contributed by atoms with van der Waals surface area (Å²) in [6, 6.07) is 2.18. The summed E-state index contributed by atoms with van der Waals surface area (Å²) in [6.07, 6.45) is 2.39. The van der Waals surface area contributed by atoms with Gasteiger partial charge in [0.15, 0.2) is 0 Å². The maximum Gasteiger partial charge on any atom is 0.256 e. The van der Waals surface area contributed by atoms with E-state index < -0.39 is 0 Å². The van der Waals surface area contributed by atoms with Crippen LogP contribution in [-0.4, -0.2) is 53.1 Å². The van der Waals surface area contributed by atoms with Crippen molar-refractivity contribution in [1.29, 1.82) is 0 Å². The maximum absolute atomic E-state index is 13.7. The van der Waals surface area contributed by atoms with Crippen LogP contribution in [0.3, 0.4) is 0 Å². The molecule has 7 nitrogen and oxygen atoms in total. The molecule has 1 fully saturated rings. The van der Waals surface area contributed by atoms with Crippen molar-refractivity contribution in [3.05, 3.63) is 54.4 Å². The lowest BCUT2D eigenvalue weighted by Crippen LogP contribution is -2.41. The Morgan fingerprint density at radius 1 is 1.29 bits per heavy atom. The SMILES string of the molecule is CCN(c1cc(Cl)c2c(c1Cl)C(=O)N(Cc1c(=O)[nH]c(C)c3ncsc13)CC2)C1CCOCC1. The van der Waals surface area contributed by atoms with Crippen LogP contribution in [0.1, 0.15) is 46.9 Å². The topological polar surface area (TPSA) is 78.5 Å². The Kier molecular flexibility index (Phi) is 6.59. The number of fused-ring (bicyclic) bond motifs is 2. The minimum absolute atomic E-state index is 0.192.